The van der Waals surface area contributed by atoms with Crippen LogP contribution < -0.4 is 0 Å². The summed E-state index contributed by atoms with van der Waals surface area (Å²) < 4.78 is 10.5. The summed E-state index contributed by atoms with van der Waals surface area (Å²) in [5, 5.41) is 28.1. The van der Waals surface area contributed by atoms with Gasteiger partial charge >= 0.3 is 0 Å². The molecule has 0 aromatic heterocycles. The topological polar surface area (TPSA) is 79.2 Å². The van der Waals surface area contributed by atoms with E-state index in [1.54, 1.807) is 0 Å². The van der Waals surface area contributed by atoms with Gasteiger partial charge in [0.15, 0.2) is 12.6 Å². The minimum absolute atomic E-state index is 0.203. The van der Waals surface area contributed by atoms with E-state index in [-0.39, 0.29) is 6.42 Å². The Morgan fingerprint density at radius 1 is 1.00 bits per heavy atom. The van der Waals surface area contributed by atoms with Crippen molar-refractivity contribution in [1.82, 2.24) is 0 Å². The van der Waals surface area contributed by atoms with Gasteiger partial charge in [-0.2, -0.15) is 0 Å². The zero-order chi connectivity index (χ0) is 14.1. The highest BCUT2D eigenvalue weighted by atomic mass is 16.7. The second-order valence-electron chi connectivity index (χ2n) is 5.24. The molecule has 4 atom stereocenters. The predicted octanol–water partition coefficient (Wildman–Crippen LogP) is 1.54. The first-order valence-corrected chi connectivity index (χ1v) is 7.46. The summed E-state index contributed by atoms with van der Waals surface area (Å²) in [5.74, 6) is 0. The zero-order valence-electron chi connectivity index (χ0n) is 11.8. The van der Waals surface area contributed by atoms with Crippen molar-refractivity contribution in [1.29, 1.82) is 0 Å². The van der Waals surface area contributed by atoms with Gasteiger partial charge in [0.1, 0.15) is 6.10 Å². The first kappa shape index (κ1) is 16.9. The number of hydrogen-bond acceptors (Lipinski definition) is 5. The van der Waals surface area contributed by atoms with Gasteiger partial charge in [-0.05, 0) is 6.42 Å². The van der Waals surface area contributed by atoms with E-state index in [0.29, 0.717) is 6.61 Å². The molecule has 114 valence electrons. The number of unbranched alkanes of at least 4 members (excludes halogenated alkanes) is 6. The molecule has 1 rings (SSSR count). The molecule has 5 nitrogen and oxygen atoms in total. The first-order chi connectivity index (χ1) is 9.15. The van der Waals surface area contributed by atoms with E-state index in [4.69, 9.17) is 9.47 Å². The lowest BCUT2D eigenvalue weighted by Crippen LogP contribution is -2.48. The Bertz CT molecular complexity index is 212. The van der Waals surface area contributed by atoms with Crippen LogP contribution in [0.1, 0.15) is 58.3 Å². The summed E-state index contributed by atoms with van der Waals surface area (Å²) in [6.07, 6.45) is 4.47. The molecule has 1 heterocycles. The fourth-order valence-corrected chi connectivity index (χ4v) is 2.20. The molecule has 0 bridgehead atoms. The van der Waals surface area contributed by atoms with Crippen molar-refractivity contribution in [2.75, 3.05) is 6.61 Å². The van der Waals surface area contributed by atoms with Gasteiger partial charge in [-0.15, -0.1) is 0 Å². The third-order valence-electron chi connectivity index (χ3n) is 3.46. The molecular weight excluding hydrogens is 248 g/mol. The van der Waals surface area contributed by atoms with Crippen molar-refractivity contribution in [3.8, 4) is 0 Å². The molecule has 2 unspecified atom stereocenters. The van der Waals surface area contributed by atoms with E-state index in [2.05, 4.69) is 6.92 Å². The Hall–Kier alpha value is -0.200. The highest BCUT2D eigenvalue weighted by Crippen LogP contribution is 2.20. The Balaban J connectivity index is 1.98. The SMILES string of the molecule is CCCCCCCCCOC1C[C@H](O)[C@@H](O)C(O)O1. The number of aliphatic hydroxyl groups excluding tert-OH is 3. The van der Waals surface area contributed by atoms with E-state index in [1.807, 2.05) is 0 Å². The van der Waals surface area contributed by atoms with E-state index in [9.17, 15) is 15.3 Å². The molecule has 1 saturated heterocycles. The number of hydrogen-bond donors (Lipinski definition) is 3. The van der Waals surface area contributed by atoms with Gasteiger partial charge in [-0.1, -0.05) is 45.4 Å². The molecule has 5 heteroatoms. The van der Waals surface area contributed by atoms with Crippen LogP contribution in [0, 0.1) is 0 Å². The van der Waals surface area contributed by atoms with Crippen molar-refractivity contribution in [3.05, 3.63) is 0 Å². The van der Waals surface area contributed by atoms with Crippen LogP contribution in [0.3, 0.4) is 0 Å². The maximum Gasteiger partial charge on any atom is 0.186 e. The van der Waals surface area contributed by atoms with Crippen molar-refractivity contribution in [3.63, 3.8) is 0 Å². The number of ether oxygens (including phenoxy) is 2. The first-order valence-electron chi connectivity index (χ1n) is 7.46. The third kappa shape index (κ3) is 6.68. The van der Waals surface area contributed by atoms with Gasteiger partial charge in [0.2, 0.25) is 0 Å². The van der Waals surface area contributed by atoms with Crippen LogP contribution in [0.4, 0.5) is 0 Å². The van der Waals surface area contributed by atoms with E-state index >= 15 is 0 Å². The summed E-state index contributed by atoms with van der Waals surface area (Å²) in [5.41, 5.74) is 0. The average molecular weight is 276 g/mol. The molecule has 0 aliphatic carbocycles. The molecule has 1 fully saturated rings. The molecule has 1 aliphatic rings. The molecular formula is C14H28O5. The van der Waals surface area contributed by atoms with E-state index in [1.165, 1.54) is 32.1 Å². The van der Waals surface area contributed by atoms with Crippen molar-refractivity contribution < 1.29 is 24.8 Å². The van der Waals surface area contributed by atoms with E-state index < -0.39 is 24.8 Å². The van der Waals surface area contributed by atoms with Crippen molar-refractivity contribution in [2.24, 2.45) is 0 Å². The fourth-order valence-electron chi connectivity index (χ4n) is 2.20. The molecule has 3 N–H and O–H groups in total. The summed E-state index contributed by atoms with van der Waals surface area (Å²) in [6, 6.07) is 0. The van der Waals surface area contributed by atoms with Crippen LogP contribution >= 0.6 is 0 Å². The monoisotopic (exact) mass is 276 g/mol. The normalized spacial score (nSPS) is 31.6. The largest absolute Gasteiger partial charge is 0.390 e. The van der Waals surface area contributed by atoms with Gasteiger partial charge in [0, 0.05) is 13.0 Å². The van der Waals surface area contributed by atoms with Gasteiger partial charge < -0.3 is 24.8 Å². The maximum atomic E-state index is 9.47. The molecule has 0 saturated carbocycles. The second-order valence-corrected chi connectivity index (χ2v) is 5.24. The predicted molar refractivity (Wildman–Crippen MR) is 71.5 cm³/mol. The Labute approximate surface area is 115 Å². The minimum atomic E-state index is -1.36. The molecule has 0 spiro atoms. The summed E-state index contributed by atoms with van der Waals surface area (Å²) in [4.78, 5) is 0. The van der Waals surface area contributed by atoms with Gasteiger partial charge in [0.05, 0.1) is 6.10 Å². The Morgan fingerprint density at radius 3 is 2.26 bits per heavy atom. The molecule has 1 aliphatic heterocycles. The fraction of sp³-hybridized carbons (Fsp3) is 1.00. The standard InChI is InChI=1S/C14H28O5/c1-2-3-4-5-6-7-8-9-18-12-10-11(15)13(16)14(17)19-12/h11-17H,2-10H2,1H3/t11-,12?,13+,14?/m0/s1. The quantitative estimate of drug-likeness (QED) is 0.557. The lowest BCUT2D eigenvalue weighted by molar-refractivity contribution is -0.305. The van der Waals surface area contributed by atoms with Crippen LogP contribution in [-0.2, 0) is 9.47 Å². The van der Waals surface area contributed by atoms with Crippen molar-refractivity contribution in [2.45, 2.75) is 83.1 Å². The van der Waals surface area contributed by atoms with Crippen LogP contribution in [-0.4, -0.2) is 46.7 Å². The van der Waals surface area contributed by atoms with E-state index in [0.717, 1.165) is 12.8 Å². The minimum Gasteiger partial charge on any atom is -0.390 e. The van der Waals surface area contributed by atoms with Crippen LogP contribution in [0.2, 0.25) is 0 Å². The van der Waals surface area contributed by atoms with Gasteiger partial charge in [0.25, 0.3) is 0 Å². The summed E-state index contributed by atoms with van der Waals surface area (Å²) in [7, 11) is 0. The third-order valence-corrected chi connectivity index (χ3v) is 3.46. The molecule has 0 aromatic rings. The second kappa shape index (κ2) is 9.66. The van der Waals surface area contributed by atoms with Gasteiger partial charge in [-0.25, -0.2) is 0 Å². The van der Waals surface area contributed by atoms with Crippen molar-refractivity contribution >= 4 is 0 Å². The zero-order valence-corrected chi connectivity index (χ0v) is 11.8. The summed E-state index contributed by atoms with van der Waals surface area (Å²) >= 11 is 0. The molecule has 0 aromatic carbocycles. The van der Waals surface area contributed by atoms with Crippen LogP contribution in [0.15, 0.2) is 0 Å². The van der Waals surface area contributed by atoms with Crippen LogP contribution in [0.5, 0.6) is 0 Å². The average Bonchev–Trinajstić information content (AvgIpc) is 2.39. The lowest BCUT2D eigenvalue weighted by atomic mass is 10.1. The number of aliphatic hydroxyl groups is 3. The number of rotatable bonds is 9. The Kier molecular flexibility index (Phi) is 8.57. The van der Waals surface area contributed by atoms with Crippen LogP contribution in [0.25, 0.3) is 0 Å². The maximum absolute atomic E-state index is 9.47. The lowest BCUT2D eigenvalue weighted by Gasteiger charge is -2.33. The summed E-state index contributed by atoms with van der Waals surface area (Å²) in [6.45, 7) is 2.77. The highest BCUT2D eigenvalue weighted by Gasteiger charge is 2.35. The molecule has 0 amide bonds. The Morgan fingerprint density at radius 2 is 1.63 bits per heavy atom. The smallest absolute Gasteiger partial charge is 0.186 e. The van der Waals surface area contributed by atoms with Gasteiger partial charge in [-0.3, -0.25) is 0 Å². The molecule has 0 radical (unpaired) electrons. The highest BCUT2D eigenvalue weighted by molar-refractivity contribution is 4.76. The molecule has 19 heavy (non-hydrogen) atoms.